The summed E-state index contributed by atoms with van der Waals surface area (Å²) in [5, 5.41) is 0. The predicted molar refractivity (Wildman–Crippen MR) is 81.3 cm³/mol. The van der Waals surface area contributed by atoms with Crippen LogP contribution in [0.4, 0.5) is 0 Å². The van der Waals surface area contributed by atoms with Gasteiger partial charge in [-0.25, -0.2) is 0 Å². The summed E-state index contributed by atoms with van der Waals surface area (Å²) in [6.07, 6.45) is 5.96. The van der Waals surface area contributed by atoms with Crippen LogP contribution in [0.25, 0.3) is 0 Å². The van der Waals surface area contributed by atoms with Gasteiger partial charge in [-0.1, -0.05) is 43.6 Å². The van der Waals surface area contributed by atoms with E-state index in [0.717, 1.165) is 37.1 Å². The molecule has 0 atom stereocenters. The molecular weight excluding hydrogens is 256 g/mol. The highest BCUT2D eigenvalue weighted by molar-refractivity contribution is 7.80. The molecule has 1 heterocycles. The second-order valence-electron chi connectivity index (χ2n) is 5.00. The molecule has 1 aliphatic rings. The van der Waals surface area contributed by atoms with Crippen LogP contribution in [0.1, 0.15) is 48.0 Å². The average Bonchev–Trinajstić information content (AvgIpc) is 2.38. The lowest BCUT2D eigenvalue weighted by molar-refractivity contribution is 0.0742. The van der Waals surface area contributed by atoms with Gasteiger partial charge in [-0.15, -0.1) is 0 Å². The van der Waals surface area contributed by atoms with Gasteiger partial charge >= 0.3 is 0 Å². The van der Waals surface area contributed by atoms with E-state index in [1.54, 1.807) is 0 Å². The number of nitrogens with zero attached hydrogens (tertiary/aromatic N) is 1. The van der Waals surface area contributed by atoms with E-state index in [9.17, 15) is 4.79 Å². The zero-order valence-corrected chi connectivity index (χ0v) is 11.9. The number of benzene rings is 1. The van der Waals surface area contributed by atoms with E-state index in [0.29, 0.717) is 4.99 Å². The third-order valence-electron chi connectivity index (χ3n) is 3.56. The van der Waals surface area contributed by atoms with Gasteiger partial charge in [-0.05, 0) is 25.0 Å². The Morgan fingerprint density at radius 3 is 1.95 bits per heavy atom. The van der Waals surface area contributed by atoms with Gasteiger partial charge in [0.2, 0.25) is 0 Å². The van der Waals surface area contributed by atoms with E-state index in [1.807, 2.05) is 29.2 Å². The molecule has 0 aliphatic carbocycles. The molecule has 0 radical (unpaired) electrons. The zero-order chi connectivity index (χ0) is 13.7. The minimum Gasteiger partial charge on any atom is -0.389 e. The Labute approximate surface area is 119 Å². The first-order valence-electron chi connectivity index (χ1n) is 6.87. The van der Waals surface area contributed by atoms with Crippen LogP contribution in [0.2, 0.25) is 0 Å². The van der Waals surface area contributed by atoms with Crippen LogP contribution < -0.4 is 5.73 Å². The van der Waals surface area contributed by atoms with Crippen molar-refractivity contribution in [2.24, 2.45) is 5.73 Å². The van der Waals surface area contributed by atoms with Crippen LogP contribution in [0.5, 0.6) is 0 Å². The third-order valence-corrected chi connectivity index (χ3v) is 3.80. The Balaban J connectivity index is 2.06. The summed E-state index contributed by atoms with van der Waals surface area (Å²) in [5.74, 6) is 0.122. The number of amides is 1. The van der Waals surface area contributed by atoms with Crippen molar-refractivity contribution >= 4 is 23.1 Å². The molecule has 0 aromatic heterocycles. The fraction of sp³-hybridized carbons (Fsp3) is 0.467. The minimum absolute atomic E-state index is 0.122. The van der Waals surface area contributed by atoms with Crippen molar-refractivity contribution in [1.82, 2.24) is 4.90 Å². The summed E-state index contributed by atoms with van der Waals surface area (Å²) in [6, 6.07) is 7.27. The van der Waals surface area contributed by atoms with Gasteiger partial charge in [-0.3, -0.25) is 4.79 Å². The first-order chi connectivity index (χ1) is 9.18. The Morgan fingerprint density at radius 2 is 1.42 bits per heavy atom. The van der Waals surface area contributed by atoms with Gasteiger partial charge in [0.05, 0.1) is 0 Å². The summed E-state index contributed by atoms with van der Waals surface area (Å²) in [4.78, 5) is 14.7. The second kappa shape index (κ2) is 6.66. The second-order valence-corrected chi connectivity index (χ2v) is 5.44. The summed E-state index contributed by atoms with van der Waals surface area (Å²) < 4.78 is 0. The first-order valence-corrected chi connectivity index (χ1v) is 7.28. The maximum absolute atomic E-state index is 12.4. The molecule has 1 aliphatic heterocycles. The van der Waals surface area contributed by atoms with E-state index in [4.69, 9.17) is 18.0 Å². The highest BCUT2D eigenvalue weighted by Crippen LogP contribution is 2.14. The predicted octanol–water partition coefficient (Wildman–Crippen LogP) is 2.73. The normalized spacial score (nSPS) is 16.5. The maximum atomic E-state index is 12.4. The van der Waals surface area contributed by atoms with Gasteiger partial charge in [0.15, 0.2) is 0 Å². The summed E-state index contributed by atoms with van der Waals surface area (Å²) in [5.41, 5.74) is 7.08. The van der Waals surface area contributed by atoms with Crippen molar-refractivity contribution in [3.05, 3.63) is 35.4 Å². The third kappa shape index (κ3) is 3.77. The summed E-state index contributed by atoms with van der Waals surface area (Å²) in [7, 11) is 0. The van der Waals surface area contributed by atoms with Gasteiger partial charge in [0.25, 0.3) is 5.91 Å². The standard InChI is InChI=1S/C15H20N2OS/c16-14(19)12-6-8-13(9-7-12)15(18)17-10-4-2-1-3-5-11-17/h6-9H,1-5,10-11H2,(H2,16,19). The molecule has 1 saturated heterocycles. The SMILES string of the molecule is NC(=S)c1ccc(C(=O)N2CCCCCCC2)cc1. The molecule has 1 aromatic rings. The minimum atomic E-state index is 0.122. The fourth-order valence-corrected chi connectivity index (χ4v) is 2.55. The highest BCUT2D eigenvalue weighted by atomic mass is 32.1. The van der Waals surface area contributed by atoms with Crippen molar-refractivity contribution < 1.29 is 4.79 Å². The lowest BCUT2D eigenvalue weighted by Crippen LogP contribution is -2.33. The van der Waals surface area contributed by atoms with E-state index < -0.39 is 0 Å². The molecule has 2 rings (SSSR count). The lowest BCUT2D eigenvalue weighted by atomic mass is 10.1. The number of hydrogen-bond donors (Lipinski definition) is 1. The van der Waals surface area contributed by atoms with Gasteiger partial charge < -0.3 is 10.6 Å². The molecule has 2 N–H and O–H groups in total. The van der Waals surface area contributed by atoms with Crippen LogP contribution in [0.15, 0.2) is 24.3 Å². The molecule has 1 fully saturated rings. The Bertz CT molecular complexity index is 448. The van der Waals surface area contributed by atoms with E-state index >= 15 is 0 Å². The van der Waals surface area contributed by atoms with E-state index in [2.05, 4.69) is 0 Å². The van der Waals surface area contributed by atoms with Crippen molar-refractivity contribution in [3.8, 4) is 0 Å². The van der Waals surface area contributed by atoms with Crippen molar-refractivity contribution in [1.29, 1.82) is 0 Å². The molecular formula is C15H20N2OS. The molecule has 0 bridgehead atoms. The Morgan fingerprint density at radius 1 is 0.947 bits per heavy atom. The Kier molecular flexibility index (Phi) is 4.91. The molecule has 102 valence electrons. The van der Waals surface area contributed by atoms with Crippen LogP contribution in [0, 0.1) is 0 Å². The van der Waals surface area contributed by atoms with Crippen molar-refractivity contribution in [2.75, 3.05) is 13.1 Å². The molecule has 1 aromatic carbocycles. The van der Waals surface area contributed by atoms with Crippen LogP contribution in [0.3, 0.4) is 0 Å². The van der Waals surface area contributed by atoms with E-state index in [1.165, 1.54) is 19.3 Å². The van der Waals surface area contributed by atoms with Gasteiger partial charge in [0.1, 0.15) is 4.99 Å². The molecule has 0 saturated carbocycles. The molecule has 0 unspecified atom stereocenters. The number of carbonyl (C=O) groups excluding carboxylic acids is 1. The Hall–Kier alpha value is -1.42. The number of carbonyl (C=O) groups is 1. The average molecular weight is 276 g/mol. The van der Waals surface area contributed by atoms with Crippen molar-refractivity contribution in [3.63, 3.8) is 0 Å². The van der Waals surface area contributed by atoms with Crippen LogP contribution >= 0.6 is 12.2 Å². The summed E-state index contributed by atoms with van der Waals surface area (Å²) in [6.45, 7) is 1.74. The van der Waals surface area contributed by atoms with Gasteiger partial charge in [-0.2, -0.15) is 0 Å². The quantitative estimate of drug-likeness (QED) is 0.845. The summed E-state index contributed by atoms with van der Waals surface area (Å²) >= 11 is 4.91. The molecule has 3 nitrogen and oxygen atoms in total. The van der Waals surface area contributed by atoms with Crippen LogP contribution in [-0.4, -0.2) is 28.9 Å². The maximum Gasteiger partial charge on any atom is 0.253 e. The number of thiocarbonyl (C=S) groups is 1. The molecule has 19 heavy (non-hydrogen) atoms. The zero-order valence-electron chi connectivity index (χ0n) is 11.1. The van der Waals surface area contributed by atoms with Gasteiger partial charge in [0, 0.05) is 24.2 Å². The largest absolute Gasteiger partial charge is 0.389 e. The first kappa shape index (κ1) is 14.0. The fourth-order valence-electron chi connectivity index (χ4n) is 2.41. The molecule has 0 spiro atoms. The number of nitrogens with two attached hydrogens (primary N) is 1. The molecule has 1 amide bonds. The molecule has 4 heteroatoms. The monoisotopic (exact) mass is 276 g/mol. The number of likely N-dealkylation sites (tertiary alicyclic amines) is 1. The number of rotatable bonds is 2. The van der Waals surface area contributed by atoms with Crippen molar-refractivity contribution in [2.45, 2.75) is 32.1 Å². The smallest absolute Gasteiger partial charge is 0.253 e. The van der Waals surface area contributed by atoms with E-state index in [-0.39, 0.29) is 5.91 Å². The number of hydrogen-bond acceptors (Lipinski definition) is 2. The van der Waals surface area contributed by atoms with Crippen LogP contribution in [-0.2, 0) is 0 Å². The lowest BCUT2D eigenvalue weighted by Gasteiger charge is -2.24. The topological polar surface area (TPSA) is 46.3 Å². The highest BCUT2D eigenvalue weighted by Gasteiger charge is 2.16.